The molecule has 2 atom stereocenters. The summed E-state index contributed by atoms with van der Waals surface area (Å²) < 4.78 is 32.8. The SMILES string of the molecule is CC[C@H](C)[C@@H](NS(=O)(=O)c1cc(Br)ccc1C)C(=O)OC. The zero-order chi connectivity index (χ0) is 16.2. The molecule has 0 bridgehead atoms. The van der Waals surface area contributed by atoms with Crippen molar-refractivity contribution in [1.29, 1.82) is 0 Å². The molecule has 0 saturated heterocycles. The summed E-state index contributed by atoms with van der Waals surface area (Å²) in [5, 5.41) is 0. The molecule has 7 heteroatoms. The Morgan fingerprint density at radius 2 is 2.05 bits per heavy atom. The first-order chi connectivity index (χ1) is 9.72. The lowest BCUT2D eigenvalue weighted by molar-refractivity contribution is -0.143. The molecule has 0 spiro atoms. The Morgan fingerprint density at radius 3 is 2.57 bits per heavy atom. The normalized spacial score (nSPS) is 14.5. The van der Waals surface area contributed by atoms with Crippen LogP contribution in [0.15, 0.2) is 27.6 Å². The molecule has 0 heterocycles. The van der Waals surface area contributed by atoms with Gasteiger partial charge in [-0.15, -0.1) is 0 Å². The first-order valence-electron chi connectivity index (χ1n) is 6.59. The first-order valence-corrected chi connectivity index (χ1v) is 8.86. The first kappa shape index (κ1) is 18.1. The summed E-state index contributed by atoms with van der Waals surface area (Å²) in [6.07, 6.45) is 0.653. The van der Waals surface area contributed by atoms with Gasteiger partial charge in [-0.2, -0.15) is 4.72 Å². The number of hydrogen-bond donors (Lipinski definition) is 1. The highest BCUT2D eigenvalue weighted by Gasteiger charge is 2.31. The Bertz CT molecular complexity index is 615. The van der Waals surface area contributed by atoms with Crippen molar-refractivity contribution in [2.24, 2.45) is 5.92 Å². The molecule has 0 aliphatic carbocycles. The van der Waals surface area contributed by atoms with E-state index in [-0.39, 0.29) is 10.8 Å². The molecule has 0 saturated carbocycles. The molecule has 0 radical (unpaired) electrons. The van der Waals surface area contributed by atoms with E-state index >= 15 is 0 Å². The van der Waals surface area contributed by atoms with Crippen molar-refractivity contribution in [3.05, 3.63) is 28.2 Å². The number of aryl methyl sites for hydroxylation is 1. The van der Waals surface area contributed by atoms with E-state index in [9.17, 15) is 13.2 Å². The number of sulfonamides is 1. The Kier molecular flexibility index (Phi) is 6.37. The number of esters is 1. The maximum atomic E-state index is 12.5. The maximum Gasteiger partial charge on any atom is 0.324 e. The highest BCUT2D eigenvalue weighted by Crippen LogP contribution is 2.22. The Labute approximate surface area is 134 Å². The lowest BCUT2D eigenvalue weighted by Crippen LogP contribution is -2.45. The summed E-state index contributed by atoms with van der Waals surface area (Å²) in [4.78, 5) is 12.0. The van der Waals surface area contributed by atoms with Gasteiger partial charge in [0.2, 0.25) is 10.0 Å². The molecule has 0 unspecified atom stereocenters. The molecule has 21 heavy (non-hydrogen) atoms. The van der Waals surface area contributed by atoms with Crippen LogP contribution in [0.3, 0.4) is 0 Å². The molecule has 0 amide bonds. The molecular formula is C14H20BrNO4S. The number of halogens is 1. The van der Waals surface area contributed by atoms with Crippen LogP contribution in [-0.4, -0.2) is 27.5 Å². The van der Waals surface area contributed by atoms with Crippen molar-refractivity contribution in [3.63, 3.8) is 0 Å². The fraction of sp³-hybridized carbons (Fsp3) is 0.500. The Hall–Kier alpha value is -0.920. The number of rotatable bonds is 6. The van der Waals surface area contributed by atoms with Crippen molar-refractivity contribution in [2.45, 2.75) is 38.1 Å². The number of carbonyl (C=O) groups is 1. The predicted molar refractivity (Wildman–Crippen MR) is 84.5 cm³/mol. The van der Waals surface area contributed by atoms with E-state index in [0.717, 1.165) is 0 Å². The molecule has 118 valence electrons. The second-order valence-corrected chi connectivity index (χ2v) is 7.52. The van der Waals surface area contributed by atoms with E-state index < -0.39 is 22.0 Å². The standard InChI is InChI=1S/C14H20BrNO4S/c1-5-9(2)13(14(17)20-4)16-21(18,19)12-8-11(15)7-6-10(12)3/h6-9,13,16H,5H2,1-4H3/t9-,13+/m0/s1. The van der Waals surface area contributed by atoms with E-state index in [2.05, 4.69) is 20.7 Å². The Morgan fingerprint density at radius 1 is 1.43 bits per heavy atom. The fourth-order valence-corrected chi connectivity index (χ4v) is 3.93. The van der Waals surface area contributed by atoms with Crippen LogP contribution in [0.4, 0.5) is 0 Å². The largest absolute Gasteiger partial charge is 0.468 e. The third-order valence-corrected chi connectivity index (χ3v) is 5.47. The lowest BCUT2D eigenvalue weighted by atomic mass is 10.0. The van der Waals surface area contributed by atoms with E-state index in [0.29, 0.717) is 16.5 Å². The van der Waals surface area contributed by atoms with Gasteiger partial charge in [-0.25, -0.2) is 8.42 Å². The molecule has 1 N–H and O–H groups in total. The molecule has 0 aliphatic rings. The molecule has 0 aliphatic heterocycles. The molecule has 5 nitrogen and oxygen atoms in total. The topological polar surface area (TPSA) is 72.5 Å². The van der Waals surface area contributed by atoms with E-state index in [1.165, 1.54) is 13.2 Å². The smallest absolute Gasteiger partial charge is 0.324 e. The van der Waals surface area contributed by atoms with Crippen molar-refractivity contribution < 1.29 is 17.9 Å². The molecule has 1 aromatic rings. The number of methoxy groups -OCH3 is 1. The zero-order valence-corrected chi connectivity index (χ0v) is 14.9. The summed E-state index contributed by atoms with van der Waals surface area (Å²) in [6, 6.07) is 4.08. The highest BCUT2D eigenvalue weighted by atomic mass is 79.9. The van der Waals surface area contributed by atoms with Crippen LogP contribution in [0, 0.1) is 12.8 Å². The van der Waals surface area contributed by atoms with Crippen LogP contribution in [0.25, 0.3) is 0 Å². The highest BCUT2D eigenvalue weighted by molar-refractivity contribution is 9.10. The third-order valence-electron chi connectivity index (χ3n) is 3.39. The summed E-state index contributed by atoms with van der Waals surface area (Å²) in [5.41, 5.74) is 0.610. The van der Waals surface area contributed by atoms with Gasteiger partial charge in [0.15, 0.2) is 0 Å². The number of benzene rings is 1. The van der Waals surface area contributed by atoms with Gasteiger partial charge in [-0.05, 0) is 30.5 Å². The van der Waals surface area contributed by atoms with Gasteiger partial charge in [-0.1, -0.05) is 42.3 Å². The van der Waals surface area contributed by atoms with E-state index in [1.807, 2.05) is 6.92 Å². The number of carbonyl (C=O) groups excluding carboxylic acids is 1. The molecule has 0 fully saturated rings. The lowest BCUT2D eigenvalue weighted by Gasteiger charge is -2.22. The van der Waals surface area contributed by atoms with Gasteiger partial charge in [0.05, 0.1) is 12.0 Å². The average Bonchev–Trinajstić information content (AvgIpc) is 2.45. The second-order valence-electron chi connectivity index (χ2n) is 4.92. The van der Waals surface area contributed by atoms with Crippen LogP contribution in [-0.2, 0) is 19.6 Å². The quantitative estimate of drug-likeness (QED) is 0.773. The van der Waals surface area contributed by atoms with Crippen LogP contribution in [0.2, 0.25) is 0 Å². The summed E-state index contributed by atoms with van der Waals surface area (Å²) in [7, 11) is -2.56. The van der Waals surface area contributed by atoms with Gasteiger partial charge < -0.3 is 4.74 Å². The van der Waals surface area contributed by atoms with Crippen molar-refractivity contribution in [2.75, 3.05) is 7.11 Å². The summed E-state index contributed by atoms with van der Waals surface area (Å²) >= 11 is 3.26. The molecule has 1 aromatic carbocycles. The van der Waals surface area contributed by atoms with Gasteiger partial charge in [0.25, 0.3) is 0 Å². The molecular weight excluding hydrogens is 358 g/mol. The van der Waals surface area contributed by atoms with Crippen LogP contribution in [0.5, 0.6) is 0 Å². The summed E-state index contributed by atoms with van der Waals surface area (Å²) in [6.45, 7) is 5.40. The van der Waals surface area contributed by atoms with Gasteiger partial charge in [0, 0.05) is 4.47 Å². The average molecular weight is 378 g/mol. The third kappa shape index (κ3) is 4.52. The van der Waals surface area contributed by atoms with Crippen molar-refractivity contribution >= 4 is 31.9 Å². The van der Waals surface area contributed by atoms with Gasteiger partial charge >= 0.3 is 5.97 Å². The predicted octanol–water partition coefficient (Wildman–Crippen LogP) is 2.62. The van der Waals surface area contributed by atoms with Crippen molar-refractivity contribution in [3.8, 4) is 0 Å². The van der Waals surface area contributed by atoms with Crippen molar-refractivity contribution in [1.82, 2.24) is 4.72 Å². The monoisotopic (exact) mass is 377 g/mol. The van der Waals surface area contributed by atoms with Gasteiger partial charge in [-0.3, -0.25) is 4.79 Å². The molecule has 0 aromatic heterocycles. The van der Waals surface area contributed by atoms with Crippen LogP contribution >= 0.6 is 15.9 Å². The number of hydrogen-bond acceptors (Lipinski definition) is 4. The minimum Gasteiger partial charge on any atom is -0.468 e. The number of ether oxygens (including phenoxy) is 1. The number of nitrogens with one attached hydrogen (secondary N) is 1. The summed E-state index contributed by atoms with van der Waals surface area (Å²) in [5.74, 6) is -0.750. The van der Waals surface area contributed by atoms with Crippen LogP contribution in [0.1, 0.15) is 25.8 Å². The minimum atomic E-state index is -3.80. The fourth-order valence-electron chi connectivity index (χ4n) is 1.85. The maximum absolute atomic E-state index is 12.5. The molecule has 1 rings (SSSR count). The second kappa shape index (κ2) is 7.38. The zero-order valence-electron chi connectivity index (χ0n) is 12.5. The van der Waals surface area contributed by atoms with Crippen LogP contribution < -0.4 is 4.72 Å². The van der Waals surface area contributed by atoms with E-state index in [1.54, 1.807) is 26.0 Å². The van der Waals surface area contributed by atoms with E-state index in [4.69, 9.17) is 4.74 Å². The Balaban J connectivity index is 3.17. The minimum absolute atomic E-state index is 0.147. The van der Waals surface area contributed by atoms with Gasteiger partial charge in [0.1, 0.15) is 6.04 Å².